The summed E-state index contributed by atoms with van der Waals surface area (Å²) in [7, 11) is 0. The van der Waals surface area contributed by atoms with Crippen LogP contribution in [-0.4, -0.2) is 9.91 Å². The van der Waals surface area contributed by atoms with E-state index in [2.05, 4.69) is 87.7 Å². The molecule has 4 nitrogen and oxygen atoms in total. The number of hydrogen-bond acceptors (Lipinski definition) is 3. The van der Waals surface area contributed by atoms with Gasteiger partial charge in [0.2, 0.25) is 0 Å². The van der Waals surface area contributed by atoms with Gasteiger partial charge >= 0.3 is 18.5 Å². The van der Waals surface area contributed by atoms with Gasteiger partial charge in [0.05, 0.1) is 16.1 Å². The first kappa shape index (κ1) is 68.8. The molecular formula is C58H53BrClF12IN2O2. The molecule has 0 atom stereocenters. The Kier molecular flexibility index (Phi) is 30.2. The Morgan fingerprint density at radius 2 is 0.857 bits per heavy atom. The zero-order valence-corrected chi connectivity index (χ0v) is 47.1. The van der Waals surface area contributed by atoms with Crippen molar-refractivity contribution in [2.75, 3.05) is 0 Å². The smallest absolute Gasteiger partial charge is 0.258 e. The number of aromatic nitrogens is 1. The van der Waals surface area contributed by atoms with Crippen molar-refractivity contribution in [2.24, 2.45) is 0 Å². The minimum Gasteiger partial charge on any atom is -0.258 e. The second-order valence-corrected chi connectivity index (χ2v) is 18.5. The fourth-order valence-electron chi connectivity index (χ4n) is 5.59. The summed E-state index contributed by atoms with van der Waals surface area (Å²) in [5.74, 6) is -1.81. The van der Waals surface area contributed by atoms with Crippen molar-refractivity contribution in [2.45, 2.75) is 73.9 Å². The summed E-state index contributed by atoms with van der Waals surface area (Å²) in [5, 5.41) is 11.1. The molecule has 0 unspecified atom stereocenters. The highest BCUT2D eigenvalue weighted by Gasteiger charge is 2.34. The highest BCUT2D eigenvalue weighted by Crippen LogP contribution is 2.33. The highest BCUT2D eigenvalue weighted by atomic mass is 127. The number of rotatable bonds is 1. The van der Waals surface area contributed by atoms with Gasteiger partial charge < -0.3 is 0 Å². The third-order valence-corrected chi connectivity index (χ3v) is 12.6. The third-order valence-electron chi connectivity index (χ3n) is 10.0. The molecule has 1 aromatic heterocycles. The van der Waals surface area contributed by atoms with Gasteiger partial charge in [-0.15, -0.1) is 0 Å². The van der Waals surface area contributed by atoms with Crippen molar-refractivity contribution in [3.63, 3.8) is 0 Å². The Labute approximate surface area is 467 Å². The molecule has 19 heteroatoms. The molecule has 1 heterocycles. The number of nitrogens with zero attached hydrogens (tertiary/aromatic N) is 2. The zero-order valence-electron chi connectivity index (χ0n) is 42.6. The molecule has 77 heavy (non-hydrogen) atoms. The molecule has 0 saturated heterocycles. The zero-order chi connectivity index (χ0) is 58.7. The van der Waals surface area contributed by atoms with Crippen molar-refractivity contribution in [3.8, 4) is 0 Å². The molecule has 0 radical (unpaired) electrons. The van der Waals surface area contributed by atoms with Gasteiger partial charge in [0, 0.05) is 36.5 Å². The number of hydrogen-bond donors (Lipinski definition) is 0. The molecule has 8 rings (SSSR count). The maximum Gasteiger partial charge on any atom is 0.433 e. The lowest BCUT2D eigenvalue weighted by Crippen LogP contribution is -2.09. The van der Waals surface area contributed by atoms with Crippen LogP contribution in [0.2, 0.25) is 5.02 Å². The van der Waals surface area contributed by atoms with Gasteiger partial charge in [0.1, 0.15) is 23.1 Å². The molecule has 412 valence electrons. The summed E-state index contributed by atoms with van der Waals surface area (Å²) in [6.07, 6.45) is -11.9. The standard InChI is InChI=1S/C8H6F4.C8H7F3.C7H7Br.C7H7Cl.C7H6F3N.C7H6F2.C7H7I.C7H7NO2/c1-5-6(8(10,11)12)3-2-4-7(5)9;1-6-4-2-3-5-7(6)8(9,10)11;2*1-6-4-2-3-5-7(6)8;1-5-3-2-4-11-6(5)7(8,9)10;1-5-6(8)3-2-4-7(5)9;1-6-4-2-3-5-7(6)8;1-6-4-2-3-5-7(6)8(9)10/h2-4H,1H3;2-5H,1H3;2*2-5H,1H3;2-4H,1H3;2-4H,1H3;2-5H,1H3;2-5H,1H3. The molecule has 0 fully saturated rings. The van der Waals surface area contributed by atoms with E-state index in [1.165, 1.54) is 88.5 Å². The molecule has 0 aliphatic rings. The van der Waals surface area contributed by atoms with Crippen molar-refractivity contribution in [1.29, 1.82) is 0 Å². The van der Waals surface area contributed by atoms with Gasteiger partial charge in [0.25, 0.3) is 5.69 Å². The van der Waals surface area contributed by atoms with E-state index in [0.29, 0.717) is 5.56 Å². The first-order valence-electron chi connectivity index (χ1n) is 22.5. The van der Waals surface area contributed by atoms with Crippen LogP contribution >= 0.6 is 50.1 Å². The number of benzene rings is 7. The first-order valence-corrected chi connectivity index (χ1v) is 24.7. The summed E-state index contributed by atoms with van der Waals surface area (Å²) < 4.78 is 148. The minimum absolute atomic E-state index is 0.0810. The monoisotopic (exact) mass is 1280 g/mol. The van der Waals surface area contributed by atoms with Gasteiger partial charge in [0.15, 0.2) is 0 Å². The Morgan fingerprint density at radius 1 is 0.455 bits per heavy atom. The number of para-hydroxylation sites is 1. The van der Waals surface area contributed by atoms with Gasteiger partial charge in [-0.3, -0.25) is 15.1 Å². The maximum atomic E-state index is 12.6. The fraction of sp³-hybridized carbons (Fsp3) is 0.190. The van der Waals surface area contributed by atoms with E-state index in [0.717, 1.165) is 48.0 Å². The summed E-state index contributed by atoms with van der Waals surface area (Å²) >= 11 is 11.4. The quantitative estimate of drug-likeness (QED) is 0.0712. The van der Waals surface area contributed by atoms with E-state index < -0.39 is 52.8 Å². The summed E-state index contributed by atoms with van der Waals surface area (Å²) in [6, 6.07) is 46.0. The summed E-state index contributed by atoms with van der Waals surface area (Å²) in [4.78, 5) is 13.1. The predicted molar refractivity (Wildman–Crippen MR) is 294 cm³/mol. The van der Waals surface area contributed by atoms with Crippen molar-refractivity contribution in [1.82, 2.24) is 4.98 Å². The number of pyridine rings is 1. The van der Waals surface area contributed by atoms with Crippen LogP contribution in [0.5, 0.6) is 0 Å². The van der Waals surface area contributed by atoms with Crippen molar-refractivity contribution in [3.05, 3.63) is 278 Å². The Morgan fingerprint density at radius 3 is 1.17 bits per heavy atom. The molecule has 0 amide bonds. The molecule has 0 bridgehead atoms. The molecular weight excluding hydrogens is 1230 g/mol. The SMILES string of the molecule is Cc1c(F)cccc1C(F)(F)F.Cc1c(F)cccc1F.Cc1ccccc1Br.Cc1ccccc1C(F)(F)F.Cc1ccccc1Cl.Cc1ccccc1I.Cc1ccccc1[N+](=O)[O-].Cc1cccnc1C(F)(F)F. The second kappa shape index (κ2) is 33.8. The molecule has 0 spiro atoms. The Bertz CT molecular complexity index is 2820. The lowest BCUT2D eigenvalue weighted by Gasteiger charge is -2.09. The largest absolute Gasteiger partial charge is 0.433 e. The fourth-order valence-corrected chi connectivity index (χ4v) is 6.40. The molecule has 0 aliphatic heterocycles. The van der Waals surface area contributed by atoms with E-state index in [4.69, 9.17) is 11.6 Å². The summed E-state index contributed by atoms with van der Waals surface area (Å²) in [5.41, 5.74) is 2.52. The number of nitro groups is 1. The van der Waals surface area contributed by atoms with E-state index in [1.807, 2.05) is 49.4 Å². The average molecular weight is 1280 g/mol. The predicted octanol–water partition coefficient (Wildman–Crippen LogP) is 20.8. The van der Waals surface area contributed by atoms with Gasteiger partial charge in [-0.25, -0.2) is 13.2 Å². The van der Waals surface area contributed by atoms with Crippen LogP contribution in [0.3, 0.4) is 0 Å². The van der Waals surface area contributed by atoms with E-state index >= 15 is 0 Å². The van der Waals surface area contributed by atoms with Crippen LogP contribution in [0.25, 0.3) is 0 Å². The number of alkyl halides is 9. The van der Waals surface area contributed by atoms with Crippen molar-refractivity contribution >= 4 is 55.8 Å². The summed E-state index contributed by atoms with van der Waals surface area (Å²) in [6.45, 7) is 13.2. The normalized spacial score (nSPS) is 10.4. The maximum absolute atomic E-state index is 12.6. The Hall–Kier alpha value is -6.25. The van der Waals surface area contributed by atoms with Crippen LogP contribution in [0.4, 0.5) is 58.4 Å². The average Bonchev–Trinajstić information content (AvgIpc) is 3.35. The third kappa shape index (κ3) is 26.6. The van der Waals surface area contributed by atoms with E-state index in [9.17, 15) is 62.8 Å². The topological polar surface area (TPSA) is 56.0 Å². The van der Waals surface area contributed by atoms with Crippen LogP contribution in [0, 0.1) is 86.5 Å². The molecule has 0 saturated carbocycles. The van der Waals surface area contributed by atoms with E-state index in [1.54, 1.807) is 31.2 Å². The second-order valence-electron chi connectivity index (χ2n) is 16.0. The highest BCUT2D eigenvalue weighted by molar-refractivity contribution is 14.1. The van der Waals surface area contributed by atoms with Crippen LogP contribution in [0.1, 0.15) is 61.3 Å². The lowest BCUT2D eigenvalue weighted by atomic mass is 10.1. The Balaban J connectivity index is 0.000000442. The molecule has 8 aromatic rings. The number of aryl methyl sites for hydroxylation is 6. The van der Waals surface area contributed by atoms with Gasteiger partial charge in [-0.05, 0) is 166 Å². The molecule has 0 N–H and O–H groups in total. The van der Waals surface area contributed by atoms with Gasteiger partial charge in [-0.1, -0.05) is 137 Å². The number of halogens is 15. The van der Waals surface area contributed by atoms with Crippen LogP contribution < -0.4 is 0 Å². The first-order chi connectivity index (χ1) is 35.8. The van der Waals surface area contributed by atoms with Crippen molar-refractivity contribution < 1.29 is 57.6 Å². The lowest BCUT2D eigenvalue weighted by molar-refractivity contribution is -0.385. The number of nitro benzene ring substituents is 1. The van der Waals surface area contributed by atoms with E-state index in [-0.39, 0.29) is 32.9 Å². The molecule has 0 aliphatic carbocycles. The minimum atomic E-state index is -4.47. The van der Waals surface area contributed by atoms with Gasteiger partial charge in [-0.2, -0.15) is 39.5 Å². The van der Waals surface area contributed by atoms with Crippen LogP contribution in [0.15, 0.2) is 181 Å². The molecule has 7 aromatic carbocycles. The van der Waals surface area contributed by atoms with Crippen LogP contribution in [-0.2, 0) is 18.5 Å².